The number of aliphatic hydroxyl groups excluding tert-OH is 1. The van der Waals surface area contributed by atoms with Crippen molar-refractivity contribution in [2.45, 2.75) is 12.5 Å². The van der Waals surface area contributed by atoms with Crippen LogP contribution in [-0.2, 0) is 6.42 Å². The molecule has 0 saturated carbocycles. The van der Waals surface area contributed by atoms with Crippen LogP contribution in [0.1, 0.15) is 17.2 Å². The molecule has 112 valence electrons. The molecule has 0 bridgehead atoms. The van der Waals surface area contributed by atoms with Crippen LogP contribution in [0.5, 0.6) is 17.2 Å². The van der Waals surface area contributed by atoms with E-state index in [9.17, 15) is 5.11 Å². The van der Waals surface area contributed by atoms with E-state index >= 15 is 0 Å². The van der Waals surface area contributed by atoms with Crippen molar-refractivity contribution < 1.29 is 19.3 Å². The van der Waals surface area contributed by atoms with E-state index in [1.54, 1.807) is 27.4 Å². The van der Waals surface area contributed by atoms with Gasteiger partial charge in [-0.2, -0.15) is 0 Å². The van der Waals surface area contributed by atoms with Crippen LogP contribution >= 0.6 is 0 Å². The van der Waals surface area contributed by atoms with Crippen molar-refractivity contribution in [3.63, 3.8) is 0 Å². The lowest BCUT2D eigenvalue weighted by Gasteiger charge is -2.16. The Morgan fingerprint density at radius 3 is 2.05 bits per heavy atom. The van der Waals surface area contributed by atoms with Crippen molar-refractivity contribution in [1.82, 2.24) is 0 Å². The Balaban J connectivity index is 2.17. The van der Waals surface area contributed by atoms with Crippen LogP contribution in [0.25, 0.3) is 0 Å². The highest BCUT2D eigenvalue weighted by atomic mass is 16.5. The van der Waals surface area contributed by atoms with Crippen molar-refractivity contribution in [3.8, 4) is 17.2 Å². The molecule has 0 heterocycles. The lowest BCUT2D eigenvalue weighted by Crippen LogP contribution is -2.04. The zero-order valence-corrected chi connectivity index (χ0v) is 12.5. The molecule has 1 N–H and O–H groups in total. The predicted octanol–water partition coefficient (Wildman–Crippen LogP) is 2.99. The molecule has 0 aliphatic rings. The second kappa shape index (κ2) is 6.99. The first-order valence-electron chi connectivity index (χ1n) is 6.71. The highest BCUT2D eigenvalue weighted by molar-refractivity contribution is 5.42. The Bertz CT molecular complexity index is 578. The lowest BCUT2D eigenvalue weighted by molar-refractivity contribution is 0.174. The number of benzene rings is 2. The van der Waals surface area contributed by atoms with Crippen molar-refractivity contribution in [2.24, 2.45) is 0 Å². The van der Waals surface area contributed by atoms with Gasteiger partial charge in [-0.15, -0.1) is 0 Å². The molecule has 0 radical (unpaired) electrons. The van der Waals surface area contributed by atoms with Gasteiger partial charge in [-0.05, 0) is 29.8 Å². The molecule has 1 unspecified atom stereocenters. The Hall–Kier alpha value is -2.20. The number of methoxy groups -OCH3 is 3. The van der Waals surface area contributed by atoms with Gasteiger partial charge in [0.2, 0.25) is 0 Å². The SMILES string of the molecule is COc1ccc(CC(O)c2ccc(OC)cc2OC)cc1. The molecular weight excluding hydrogens is 268 g/mol. The van der Waals surface area contributed by atoms with Gasteiger partial charge < -0.3 is 19.3 Å². The van der Waals surface area contributed by atoms with Gasteiger partial charge in [-0.25, -0.2) is 0 Å². The fourth-order valence-electron chi connectivity index (χ4n) is 2.19. The number of aliphatic hydroxyl groups is 1. The second-order valence-corrected chi connectivity index (χ2v) is 4.68. The van der Waals surface area contributed by atoms with Crippen molar-refractivity contribution in [3.05, 3.63) is 53.6 Å². The minimum Gasteiger partial charge on any atom is -0.497 e. The van der Waals surface area contributed by atoms with Gasteiger partial charge in [-0.1, -0.05) is 12.1 Å². The van der Waals surface area contributed by atoms with E-state index in [1.807, 2.05) is 36.4 Å². The van der Waals surface area contributed by atoms with E-state index < -0.39 is 6.10 Å². The lowest BCUT2D eigenvalue weighted by atomic mass is 10.0. The summed E-state index contributed by atoms with van der Waals surface area (Å²) in [5, 5.41) is 10.4. The molecule has 0 fully saturated rings. The summed E-state index contributed by atoms with van der Waals surface area (Å²) in [6, 6.07) is 13.1. The summed E-state index contributed by atoms with van der Waals surface area (Å²) in [6.07, 6.45) is -0.133. The minimum absolute atomic E-state index is 0.507. The zero-order valence-electron chi connectivity index (χ0n) is 12.5. The molecule has 4 heteroatoms. The van der Waals surface area contributed by atoms with E-state index in [1.165, 1.54) is 0 Å². The summed E-state index contributed by atoms with van der Waals surface area (Å²) in [6.45, 7) is 0. The topological polar surface area (TPSA) is 47.9 Å². The summed E-state index contributed by atoms with van der Waals surface area (Å²) >= 11 is 0. The van der Waals surface area contributed by atoms with Crippen LogP contribution < -0.4 is 14.2 Å². The molecule has 0 spiro atoms. The van der Waals surface area contributed by atoms with E-state index in [0.29, 0.717) is 17.9 Å². The number of rotatable bonds is 6. The summed E-state index contributed by atoms with van der Waals surface area (Å²) in [7, 11) is 4.81. The summed E-state index contributed by atoms with van der Waals surface area (Å²) in [5.74, 6) is 2.12. The Morgan fingerprint density at radius 2 is 1.48 bits per heavy atom. The first kappa shape index (κ1) is 15.2. The molecule has 0 aromatic heterocycles. The fourth-order valence-corrected chi connectivity index (χ4v) is 2.19. The normalized spacial score (nSPS) is 11.8. The summed E-state index contributed by atoms with van der Waals surface area (Å²) < 4.78 is 15.6. The molecule has 2 rings (SSSR count). The van der Waals surface area contributed by atoms with Crippen molar-refractivity contribution in [1.29, 1.82) is 0 Å². The van der Waals surface area contributed by atoms with E-state index in [4.69, 9.17) is 14.2 Å². The van der Waals surface area contributed by atoms with Gasteiger partial charge in [0.15, 0.2) is 0 Å². The largest absolute Gasteiger partial charge is 0.497 e. The zero-order chi connectivity index (χ0) is 15.2. The molecule has 4 nitrogen and oxygen atoms in total. The third-order valence-electron chi connectivity index (χ3n) is 3.39. The number of hydrogen-bond donors (Lipinski definition) is 1. The van der Waals surface area contributed by atoms with E-state index in [0.717, 1.165) is 16.9 Å². The second-order valence-electron chi connectivity index (χ2n) is 4.68. The highest BCUT2D eigenvalue weighted by Crippen LogP contribution is 2.31. The summed E-state index contributed by atoms with van der Waals surface area (Å²) in [5.41, 5.74) is 1.77. The van der Waals surface area contributed by atoms with Crippen LogP contribution in [0.3, 0.4) is 0 Å². The van der Waals surface area contributed by atoms with Crippen LogP contribution in [0, 0.1) is 0 Å². The average molecular weight is 288 g/mol. The maximum atomic E-state index is 10.4. The third-order valence-corrected chi connectivity index (χ3v) is 3.39. The van der Waals surface area contributed by atoms with Crippen LogP contribution in [0.4, 0.5) is 0 Å². The summed E-state index contributed by atoms with van der Waals surface area (Å²) in [4.78, 5) is 0. The maximum absolute atomic E-state index is 10.4. The molecule has 2 aromatic carbocycles. The third kappa shape index (κ3) is 3.67. The van der Waals surface area contributed by atoms with Gasteiger partial charge in [-0.3, -0.25) is 0 Å². The van der Waals surface area contributed by atoms with Gasteiger partial charge in [0.25, 0.3) is 0 Å². The fraction of sp³-hybridized carbons (Fsp3) is 0.294. The van der Waals surface area contributed by atoms with Crippen LogP contribution in [-0.4, -0.2) is 26.4 Å². The Kier molecular flexibility index (Phi) is 5.06. The van der Waals surface area contributed by atoms with Crippen molar-refractivity contribution >= 4 is 0 Å². The molecule has 21 heavy (non-hydrogen) atoms. The quantitative estimate of drug-likeness (QED) is 0.887. The van der Waals surface area contributed by atoms with E-state index in [2.05, 4.69) is 0 Å². The first-order chi connectivity index (χ1) is 10.2. The van der Waals surface area contributed by atoms with Gasteiger partial charge in [0.05, 0.1) is 27.4 Å². The molecule has 0 aliphatic heterocycles. The van der Waals surface area contributed by atoms with Crippen molar-refractivity contribution in [2.75, 3.05) is 21.3 Å². The van der Waals surface area contributed by atoms with Gasteiger partial charge >= 0.3 is 0 Å². The first-order valence-corrected chi connectivity index (χ1v) is 6.71. The van der Waals surface area contributed by atoms with Gasteiger partial charge in [0, 0.05) is 18.1 Å². The molecule has 0 aliphatic carbocycles. The number of hydrogen-bond acceptors (Lipinski definition) is 4. The molecule has 2 aromatic rings. The molecule has 0 saturated heterocycles. The predicted molar refractivity (Wildman–Crippen MR) is 81.2 cm³/mol. The van der Waals surface area contributed by atoms with E-state index in [-0.39, 0.29) is 0 Å². The minimum atomic E-state index is -0.640. The van der Waals surface area contributed by atoms with Gasteiger partial charge in [0.1, 0.15) is 17.2 Å². The number of ether oxygens (including phenoxy) is 3. The molecule has 1 atom stereocenters. The standard InChI is InChI=1S/C17H20O4/c1-19-13-6-4-12(5-7-13)10-16(18)15-9-8-14(20-2)11-17(15)21-3/h4-9,11,16,18H,10H2,1-3H3. The smallest absolute Gasteiger partial charge is 0.128 e. The maximum Gasteiger partial charge on any atom is 0.128 e. The Labute approximate surface area is 124 Å². The highest BCUT2D eigenvalue weighted by Gasteiger charge is 2.15. The van der Waals surface area contributed by atoms with Crippen LogP contribution in [0.15, 0.2) is 42.5 Å². The monoisotopic (exact) mass is 288 g/mol. The molecular formula is C17H20O4. The molecule has 0 amide bonds. The van der Waals surface area contributed by atoms with Crippen LogP contribution in [0.2, 0.25) is 0 Å². The average Bonchev–Trinajstić information content (AvgIpc) is 2.54. The Morgan fingerprint density at radius 1 is 0.857 bits per heavy atom.